The quantitative estimate of drug-likeness (QED) is 0.106. The summed E-state index contributed by atoms with van der Waals surface area (Å²) in [6.07, 6.45) is 9.14. The average Bonchev–Trinajstić information content (AvgIpc) is 3.76. The summed E-state index contributed by atoms with van der Waals surface area (Å²) in [6, 6.07) is 36.9. The Hall–Kier alpha value is -6.06. The molecule has 8 aromatic rings. The van der Waals surface area contributed by atoms with Gasteiger partial charge in [0.25, 0.3) is 0 Å². The van der Waals surface area contributed by atoms with Crippen LogP contribution in [0, 0.1) is 12.3 Å². The summed E-state index contributed by atoms with van der Waals surface area (Å²) in [7, 11) is 0. The number of hydrogen-bond donors (Lipinski definition) is 2. The maximum Gasteiger partial charge on any atom is 0.123 e. The highest BCUT2D eigenvalue weighted by Crippen LogP contribution is 2.43. The van der Waals surface area contributed by atoms with Crippen LogP contribution in [-0.2, 0) is 13.0 Å². The van der Waals surface area contributed by atoms with Crippen molar-refractivity contribution < 1.29 is 0 Å². The highest BCUT2D eigenvalue weighted by Gasteiger charge is 2.18. The molecule has 0 aliphatic heterocycles. The van der Waals surface area contributed by atoms with Crippen molar-refractivity contribution in [3.8, 4) is 11.1 Å². The number of rotatable bonds is 4. The Labute approximate surface area is 323 Å². The third-order valence-electron chi connectivity index (χ3n) is 10.2. The van der Waals surface area contributed by atoms with Gasteiger partial charge >= 0.3 is 0 Å². The lowest BCUT2D eigenvalue weighted by molar-refractivity contribution is 1.10. The van der Waals surface area contributed by atoms with E-state index in [9.17, 15) is 0 Å². The fourth-order valence-electron chi connectivity index (χ4n) is 7.66. The van der Waals surface area contributed by atoms with E-state index in [2.05, 4.69) is 122 Å². The van der Waals surface area contributed by atoms with E-state index in [1.807, 2.05) is 60.8 Å². The maximum atomic E-state index is 7.61. The molecule has 0 atom stereocenters. The van der Waals surface area contributed by atoms with Gasteiger partial charge in [-0.25, -0.2) is 0 Å². The van der Waals surface area contributed by atoms with Crippen molar-refractivity contribution in [2.45, 2.75) is 33.7 Å². The average molecular weight is 734 g/mol. The number of amidine groups is 1. The van der Waals surface area contributed by atoms with Crippen LogP contribution in [0.5, 0.6) is 0 Å². The van der Waals surface area contributed by atoms with E-state index in [1.165, 1.54) is 90.3 Å². The number of nitrogens with two attached hydrogens (primary N) is 1. The van der Waals surface area contributed by atoms with Crippen LogP contribution in [-0.4, -0.2) is 12.6 Å². The number of aryl methyl sites for hydroxylation is 1. The topological polar surface area (TPSA) is 62.2 Å². The minimum absolute atomic E-state index is 0.133. The van der Waals surface area contributed by atoms with Crippen molar-refractivity contribution in [3.63, 3.8) is 0 Å². The molecule has 0 saturated heterocycles. The standard InChI is InChI=1S/C29H23NS.C13H10N2S.C7H6/c1-17-7-9-19-10-13-22(23-12-8-18(2)27(17)29(19)23)20-11-14-25-24(15-20)28-21(16-30-3)5-4-6-26(28)31-25;14-13(15)9-5-3-7-11-12(9)8-4-1-2-6-10(8)16-11;1-7-5-3-2-4-6-7/h4-8,10-15H,3,9,16H2,1-2H3;1-7H,(H3,14,15);3,5-6H,1H3. The number of benzene rings is 6. The molecule has 0 fully saturated rings. The number of nitrogens with one attached hydrogen (secondary N) is 1. The van der Waals surface area contributed by atoms with Crippen molar-refractivity contribution in [3.05, 3.63) is 172 Å². The normalized spacial score (nSPS) is 12.7. The Morgan fingerprint density at radius 1 is 0.759 bits per heavy atom. The molecule has 0 unspecified atom stereocenters. The summed E-state index contributed by atoms with van der Waals surface area (Å²) >= 11 is 3.60. The van der Waals surface area contributed by atoms with Crippen LogP contribution in [0.2, 0.25) is 0 Å². The second-order valence-corrected chi connectivity index (χ2v) is 15.9. The lowest BCUT2D eigenvalue weighted by Crippen LogP contribution is -2.10. The molecule has 54 heavy (non-hydrogen) atoms. The minimum atomic E-state index is 0.133. The molecule has 3 N–H and O–H groups in total. The van der Waals surface area contributed by atoms with Crippen LogP contribution in [0.1, 0.15) is 41.7 Å². The first-order chi connectivity index (χ1) is 26.3. The predicted molar refractivity (Wildman–Crippen MR) is 238 cm³/mol. The minimum Gasteiger partial charge on any atom is -0.384 e. The summed E-state index contributed by atoms with van der Waals surface area (Å²) in [5, 5.41) is 15.4. The zero-order chi connectivity index (χ0) is 37.3. The molecule has 2 aliphatic rings. The summed E-state index contributed by atoms with van der Waals surface area (Å²) in [6.45, 7) is 10.9. The molecular formula is C49H39N3S2. The van der Waals surface area contributed by atoms with Crippen LogP contribution in [0.25, 0.3) is 67.8 Å². The number of allylic oxidation sites excluding steroid dienone is 6. The van der Waals surface area contributed by atoms with Crippen molar-refractivity contribution in [1.29, 1.82) is 5.41 Å². The largest absolute Gasteiger partial charge is 0.384 e. The molecule has 3 nitrogen and oxygen atoms in total. The molecule has 2 aliphatic carbocycles. The zero-order valence-corrected chi connectivity index (χ0v) is 32.2. The van der Waals surface area contributed by atoms with Crippen LogP contribution >= 0.6 is 22.7 Å². The van der Waals surface area contributed by atoms with Crippen LogP contribution in [0.15, 0.2) is 149 Å². The first-order valence-corrected chi connectivity index (χ1v) is 19.6. The summed E-state index contributed by atoms with van der Waals surface area (Å²) in [4.78, 5) is 4.16. The molecule has 0 saturated carbocycles. The smallest absolute Gasteiger partial charge is 0.123 e. The fourth-order valence-corrected chi connectivity index (χ4v) is 9.93. The second kappa shape index (κ2) is 14.8. The van der Waals surface area contributed by atoms with Crippen LogP contribution < -0.4 is 5.73 Å². The molecular weight excluding hydrogens is 695 g/mol. The third-order valence-corrected chi connectivity index (χ3v) is 12.5. The van der Waals surface area contributed by atoms with E-state index in [0.29, 0.717) is 6.54 Å². The third kappa shape index (κ3) is 6.45. The lowest BCUT2D eigenvalue weighted by atomic mass is 9.83. The Balaban J connectivity index is 0.000000148. The highest BCUT2D eigenvalue weighted by molar-refractivity contribution is 7.26. The summed E-state index contributed by atoms with van der Waals surface area (Å²) in [5.74, 6) is 0.133. The number of aliphatic imine (C=N–C) groups is 1. The molecule has 0 radical (unpaired) electrons. The van der Waals surface area contributed by atoms with E-state index >= 15 is 0 Å². The highest BCUT2D eigenvalue weighted by atomic mass is 32.1. The zero-order valence-electron chi connectivity index (χ0n) is 30.6. The van der Waals surface area contributed by atoms with Crippen molar-refractivity contribution >= 4 is 91.9 Å². The number of hydrogen-bond acceptors (Lipinski definition) is 4. The van der Waals surface area contributed by atoms with Crippen molar-refractivity contribution in [2.75, 3.05) is 0 Å². The van der Waals surface area contributed by atoms with Gasteiger partial charge in [0.1, 0.15) is 5.84 Å². The first-order valence-electron chi connectivity index (χ1n) is 18.0. The maximum absolute atomic E-state index is 7.61. The van der Waals surface area contributed by atoms with Gasteiger partial charge in [-0.2, -0.15) is 0 Å². The molecule has 5 heteroatoms. The van der Waals surface area contributed by atoms with Gasteiger partial charge in [-0.1, -0.05) is 96.4 Å². The Bertz CT molecular complexity index is 2990. The monoisotopic (exact) mass is 733 g/mol. The molecule has 2 heterocycles. The molecule has 2 aromatic heterocycles. The van der Waals surface area contributed by atoms with Gasteiger partial charge in [0.2, 0.25) is 0 Å². The first kappa shape index (κ1) is 35.0. The van der Waals surface area contributed by atoms with Crippen molar-refractivity contribution in [2.24, 2.45) is 10.7 Å². The number of fused-ring (bicyclic) bond motifs is 6. The van der Waals surface area contributed by atoms with Gasteiger partial charge < -0.3 is 5.73 Å². The molecule has 10 rings (SSSR count). The predicted octanol–water partition coefficient (Wildman–Crippen LogP) is 13.5. The van der Waals surface area contributed by atoms with E-state index in [1.54, 1.807) is 11.3 Å². The Kier molecular flexibility index (Phi) is 9.56. The summed E-state index contributed by atoms with van der Waals surface area (Å²) < 4.78 is 5.08. The van der Waals surface area contributed by atoms with Gasteiger partial charge in [-0.15, -0.1) is 22.7 Å². The van der Waals surface area contributed by atoms with Crippen LogP contribution in [0.3, 0.4) is 0 Å². The lowest BCUT2D eigenvalue weighted by Gasteiger charge is -2.21. The van der Waals surface area contributed by atoms with Gasteiger partial charge in [-0.05, 0) is 132 Å². The van der Waals surface area contributed by atoms with Crippen molar-refractivity contribution in [1.82, 2.24) is 0 Å². The van der Waals surface area contributed by atoms with Gasteiger partial charge in [0.15, 0.2) is 0 Å². The SMILES string of the molecule is C=NCc1cccc2sc3ccc(-c4ccc5c6c(c(C)ccc46)C(C)=CC5)cc3c12.CC1=CC=C=C=C1.N=C(N)c1cccc2sc3ccccc3c12. The second-order valence-electron chi connectivity index (χ2n) is 13.7. The van der Waals surface area contributed by atoms with Gasteiger partial charge in [0, 0.05) is 45.9 Å². The number of thiophene rings is 2. The van der Waals surface area contributed by atoms with Gasteiger partial charge in [-0.3, -0.25) is 10.4 Å². The van der Waals surface area contributed by atoms with E-state index in [4.69, 9.17) is 11.1 Å². The Morgan fingerprint density at radius 3 is 2.26 bits per heavy atom. The summed E-state index contributed by atoms with van der Waals surface area (Å²) in [5.41, 5.74) is 22.8. The molecule has 0 spiro atoms. The van der Waals surface area contributed by atoms with Gasteiger partial charge in [0.05, 0.1) is 6.54 Å². The fraction of sp³-hybridized carbons (Fsp3) is 0.102. The molecule has 0 bridgehead atoms. The van der Waals surface area contributed by atoms with E-state index < -0.39 is 0 Å². The number of nitrogen functional groups attached to an aromatic ring is 1. The Morgan fingerprint density at radius 2 is 1.52 bits per heavy atom. The van der Waals surface area contributed by atoms with Crippen LogP contribution in [0.4, 0.5) is 0 Å². The number of nitrogens with zero attached hydrogens (tertiary/aromatic N) is 1. The van der Waals surface area contributed by atoms with E-state index in [-0.39, 0.29) is 5.84 Å². The molecule has 0 amide bonds. The van der Waals surface area contributed by atoms with E-state index in [0.717, 1.165) is 17.4 Å². The molecule has 6 aromatic carbocycles. The molecule has 262 valence electrons.